The molecule has 6 nitrogen and oxygen atoms in total. The lowest BCUT2D eigenvalue weighted by molar-refractivity contribution is -0.151. The van der Waals surface area contributed by atoms with E-state index < -0.39 is 29.1 Å². The maximum atomic E-state index is 11.3. The Hall–Kier alpha value is -0.570. The molecule has 0 fully saturated rings. The van der Waals surface area contributed by atoms with Crippen LogP contribution in [0.2, 0.25) is 0 Å². The number of hydrogen-bond acceptors (Lipinski definition) is 7. The van der Waals surface area contributed by atoms with Gasteiger partial charge in [0, 0.05) is 0 Å². The van der Waals surface area contributed by atoms with Crippen molar-refractivity contribution in [3.63, 3.8) is 0 Å². The molecule has 8 heteroatoms. The average molecular weight is 252 g/mol. The van der Waals surface area contributed by atoms with Gasteiger partial charge in [0.05, 0.1) is 11.5 Å². The van der Waals surface area contributed by atoms with Crippen LogP contribution in [-0.4, -0.2) is 39.8 Å². The average Bonchev–Trinajstić information content (AvgIpc) is 2.16. The number of carbonyl (C=O) groups excluding carboxylic acids is 2. The van der Waals surface area contributed by atoms with Gasteiger partial charge in [0.25, 0.3) is 0 Å². The summed E-state index contributed by atoms with van der Waals surface area (Å²) in [5.74, 6) is -5.33. The SMILES string of the molecule is NC(N)(C(=O)O)C(C(=O)CS)C(=O)CS. The van der Waals surface area contributed by atoms with Crippen LogP contribution in [0.3, 0.4) is 0 Å². The second kappa shape index (κ2) is 5.50. The quantitative estimate of drug-likeness (QED) is 0.218. The normalized spacial score (nSPS) is 11.5. The van der Waals surface area contributed by atoms with E-state index in [4.69, 9.17) is 16.6 Å². The molecule has 86 valence electrons. The zero-order chi connectivity index (χ0) is 12.2. The molecule has 0 atom stereocenters. The van der Waals surface area contributed by atoms with Crippen molar-refractivity contribution in [1.29, 1.82) is 0 Å². The van der Waals surface area contributed by atoms with E-state index in [9.17, 15) is 14.4 Å². The Balaban J connectivity index is 5.19. The highest BCUT2D eigenvalue weighted by Crippen LogP contribution is 2.14. The van der Waals surface area contributed by atoms with Gasteiger partial charge in [-0.15, -0.1) is 0 Å². The number of Topliss-reactive ketones (excluding diaryl/α,β-unsaturated/α-hetero) is 2. The van der Waals surface area contributed by atoms with Crippen molar-refractivity contribution in [3.05, 3.63) is 0 Å². The molecule has 0 rings (SSSR count). The zero-order valence-electron chi connectivity index (χ0n) is 7.71. The van der Waals surface area contributed by atoms with Crippen molar-refractivity contribution in [2.75, 3.05) is 11.5 Å². The first-order chi connectivity index (χ1) is 6.78. The Labute approximate surface area is 97.2 Å². The number of carbonyl (C=O) groups is 3. The molecule has 0 aliphatic carbocycles. The Kier molecular flexibility index (Phi) is 5.29. The van der Waals surface area contributed by atoms with E-state index in [1.54, 1.807) is 0 Å². The molecule has 0 radical (unpaired) electrons. The van der Waals surface area contributed by atoms with Crippen molar-refractivity contribution >= 4 is 42.8 Å². The summed E-state index contributed by atoms with van der Waals surface area (Å²) in [6.07, 6.45) is 0. The Morgan fingerprint density at radius 3 is 1.67 bits per heavy atom. The molecule has 0 amide bonds. The zero-order valence-corrected chi connectivity index (χ0v) is 9.50. The minimum absolute atomic E-state index is 0.312. The summed E-state index contributed by atoms with van der Waals surface area (Å²) >= 11 is 7.32. The van der Waals surface area contributed by atoms with Gasteiger partial charge in [-0.3, -0.25) is 9.59 Å². The molecule has 0 aromatic carbocycles. The smallest absolute Gasteiger partial charge is 0.339 e. The molecule has 0 heterocycles. The van der Waals surface area contributed by atoms with Crippen LogP contribution >= 0.6 is 25.3 Å². The number of carboxylic acids is 1. The number of rotatable bonds is 6. The molecule has 0 aliphatic heterocycles. The maximum absolute atomic E-state index is 11.3. The van der Waals surface area contributed by atoms with Gasteiger partial charge in [-0.2, -0.15) is 25.3 Å². The Morgan fingerprint density at radius 1 is 1.13 bits per heavy atom. The fourth-order valence-corrected chi connectivity index (χ4v) is 1.38. The molecule has 15 heavy (non-hydrogen) atoms. The molecule has 0 aromatic rings. The minimum atomic E-state index is -2.42. The van der Waals surface area contributed by atoms with E-state index in [-0.39, 0.29) is 11.5 Å². The Bertz CT molecular complexity index is 277. The molecule has 0 bridgehead atoms. The monoisotopic (exact) mass is 252 g/mol. The van der Waals surface area contributed by atoms with E-state index >= 15 is 0 Å². The summed E-state index contributed by atoms with van der Waals surface area (Å²) < 4.78 is 0. The van der Waals surface area contributed by atoms with Gasteiger partial charge in [-0.1, -0.05) is 0 Å². The van der Waals surface area contributed by atoms with Gasteiger partial charge in [-0.25, -0.2) is 4.79 Å². The van der Waals surface area contributed by atoms with Gasteiger partial charge in [0.15, 0.2) is 17.2 Å². The summed E-state index contributed by atoms with van der Waals surface area (Å²) in [6, 6.07) is 0. The Morgan fingerprint density at radius 2 is 1.47 bits per heavy atom. The summed E-state index contributed by atoms with van der Waals surface area (Å²) in [4.78, 5) is 33.3. The van der Waals surface area contributed by atoms with Gasteiger partial charge in [-0.05, 0) is 0 Å². The van der Waals surface area contributed by atoms with Crippen LogP contribution in [0.1, 0.15) is 0 Å². The third-order valence-electron chi connectivity index (χ3n) is 1.80. The lowest BCUT2D eigenvalue weighted by atomic mass is 9.87. The van der Waals surface area contributed by atoms with Crippen molar-refractivity contribution in [2.45, 2.75) is 5.66 Å². The predicted octanol–water partition coefficient (Wildman–Crippen LogP) is -1.70. The molecule has 0 unspecified atom stereocenters. The van der Waals surface area contributed by atoms with Crippen LogP contribution in [0.15, 0.2) is 0 Å². The minimum Gasteiger partial charge on any atom is -0.479 e. The van der Waals surface area contributed by atoms with E-state index in [1.165, 1.54) is 0 Å². The second-order valence-electron chi connectivity index (χ2n) is 2.92. The largest absolute Gasteiger partial charge is 0.479 e. The fourth-order valence-electron chi connectivity index (χ4n) is 1.02. The number of ketones is 2. The first kappa shape index (κ1) is 14.4. The number of hydrogen-bond donors (Lipinski definition) is 5. The van der Waals surface area contributed by atoms with Crippen molar-refractivity contribution in [3.8, 4) is 0 Å². The maximum Gasteiger partial charge on any atom is 0.339 e. The van der Waals surface area contributed by atoms with E-state index in [0.717, 1.165) is 0 Å². The van der Waals surface area contributed by atoms with E-state index in [1.807, 2.05) is 0 Å². The van der Waals surface area contributed by atoms with Crippen LogP contribution < -0.4 is 11.5 Å². The van der Waals surface area contributed by atoms with Crippen LogP contribution in [0.25, 0.3) is 0 Å². The lowest BCUT2D eigenvalue weighted by Crippen LogP contribution is -2.66. The van der Waals surface area contributed by atoms with E-state index in [0.29, 0.717) is 0 Å². The predicted molar refractivity (Wildman–Crippen MR) is 60.0 cm³/mol. The number of nitrogens with two attached hydrogens (primary N) is 2. The third kappa shape index (κ3) is 3.20. The van der Waals surface area contributed by atoms with Crippen molar-refractivity contribution in [2.24, 2.45) is 17.4 Å². The summed E-state index contributed by atoms with van der Waals surface area (Å²) in [5, 5.41) is 8.70. The van der Waals surface area contributed by atoms with Crippen LogP contribution in [0.4, 0.5) is 0 Å². The lowest BCUT2D eigenvalue weighted by Gasteiger charge is -2.26. The van der Waals surface area contributed by atoms with Crippen LogP contribution in [0, 0.1) is 5.92 Å². The standard InChI is InChI=1S/C7H12N2O4S2/c8-7(9,6(12)13)5(3(10)1-14)4(11)2-15/h5,14-15H,1-2,8-9H2,(H,12,13). The molecule has 0 aliphatic rings. The second-order valence-corrected chi connectivity index (χ2v) is 3.55. The summed E-state index contributed by atoms with van der Waals surface area (Å²) in [5.41, 5.74) is 8.03. The van der Waals surface area contributed by atoms with Crippen LogP contribution in [-0.2, 0) is 14.4 Å². The number of carboxylic acid groups (broad SMARTS) is 1. The van der Waals surface area contributed by atoms with Gasteiger partial charge < -0.3 is 16.6 Å². The molecule has 5 N–H and O–H groups in total. The highest BCUT2D eigenvalue weighted by atomic mass is 32.1. The molecule has 0 spiro atoms. The topological polar surface area (TPSA) is 123 Å². The highest BCUT2D eigenvalue weighted by Gasteiger charge is 2.46. The highest BCUT2D eigenvalue weighted by molar-refractivity contribution is 7.81. The first-order valence-electron chi connectivity index (χ1n) is 3.87. The molecular weight excluding hydrogens is 240 g/mol. The first-order valence-corrected chi connectivity index (χ1v) is 5.13. The number of thiol groups is 2. The van der Waals surface area contributed by atoms with Gasteiger partial charge in [0.2, 0.25) is 0 Å². The molecule has 0 aromatic heterocycles. The van der Waals surface area contributed by atoms with Gasteiger partial charge >= 0.3 is 5.97 Å². The molecular formula is C7H12N2O4S2. The molecule has 0 saturated heterocycles. The third-order valence-corrected chi connectivity index (χ3v) is 2.43. The fraction of sp³-hybridized carbons (Fsp3) is 0.571. The van der Waals surface area contributed by atoms with Crippen molar-refractivity contribution < 1.29 is 19.5 Å². The summed E-state index contributed by atoms with van der Waals surface area (Å²) in [6.45, 7) is 0. The summed E-state index contributed by atoms with van der Waals surface area (Å²) in [7, 11) is 0. The number of aliphatic carboxylic acids is 1. The molecule has 0 saturated carbocycles. The van der Waals surface area contributed by atoms with Gasteiger partial charge in [0.1, 0.15) is 5.92 Å². The van der Waals surface area contributed by atoms with Crippen molar-refractivity contribution in [1.82, 2.24) is 0 Å². The van der Waals surface area contributed by atoms with E-state index in [2.05, 4.69) is 25.3 Å². The van der Waals surface area contributed by atoms with Crippen LogP contribution in [0.5, 0.6) is 0 Å².